The van der Waals surface area contributed by atoms with Crippen LogP contribution in [-0.4, -0.2) is 28.2 Å². The first-order valence-electron chi connectivity index (χ1n) is 4.56. The monoisotopic (exact) mass is 285 g/mol. The molecule has 0 amide bonds. The van der Waals surface area contributed by atoms with E-state index >= 15 is 0 Å². The van der Waals surface area contributed by atoms with Crippen LogP contribution >= 0.6 is 34.8 Å². The van der Waals surface area contributed by atoms with Crippen molar-refractivity contribution in [1.82, 2.24) is 15.0 Å². The van der Waals surface area contributed by atoms with Crippen LogP contribution < -0.4 is 9.47 Å². The first-order valence-corrected chi connectivity index (χ1v) is 5.69. The molecule has 0 unspecified atom stereocenters. The minimum Gasteiger partial charge on any atom is -0.464 e. The molecule has 0 aliphatic heterocycles. The quantitative estimate of drug-likeness (QED) is 0.796. The van der Waals surface area contributed by atoms with E-state index in [1.165, 1.54) is 0 Å². The number of rotatable bonds is 4. The van der Waals surface area contributed by atoms with E-state index in [4.69, 9.17) is 44.3 Å². The Bertz CT molecular complexity index is 333. The third-order valence-corrected chi connectivity index (χ3v) is 1.90. The lowest BCUT2D eigenvalue weighted by Gasteiger charge is -2.11. The molecule has 8 heteroatoms. The number of alkyl halides is 3. The van der Waals surface area contributed by atoms with Crippen LogP contribution in [0.25, 0.3) is 0 Å². The smallest absolute Gasteiger partial charge is 0.323 e. The topological polar surface area (TPSA) is 57.1 Å². The Hall–Kier alpha value is -0.520. The van der Waals surface area contributed by atoms with Crippen LogP contribution in [0.2, 0.25) is 0 Å². The fraction of sp³-hybridized carbons (Fsp3) is 0.625. The summed E-state index contributed by atoms with van der Waals surface area (Å²) in [6.45, 7) is 4.38. The molecule has 0 radical (unpaired) electrons. The van der Waals surface area contributed by atoms with Crippen molar-refractivity contribution >= 4 is 34.8 Å². The van der Waals surface area contributed by atoms with Crippen LogP contribution in [0.3, 0.4) is 0 Å². The van der Waals surface area contributed by atoms with Gasteiger partial charge in [0.25, 0.3) is 0 Å². The van der Waals surface area contributed by atoms with Crippen molar-refractivity contribution in [3.63, 3.8) is 0 Å². The van der Waals surface area contributed by atoms with Gasteiger partial charge in [0.15, 0.2) is 5.82 Å². The van der Waals surface area contributed by atoms with Crippen LogP contribution in [0, 0.1) is 0 Å². The van der Waals surface area contributed by atoms with Gasteiger partial charge in [-0.2, -0.15) is 9.97 Å². The van der Waals surface area contributed by atoms with E-state index in [9.17, 15) is 0 Å². The molecule has 90 valence electrons. The van der Waals surface area contributed by atoms with Gasteiger partial charge in [0.05, 0.1) is 13.2 Å². The summed E-state index contributed by atoms with van der Waals surface area (Å²) in [7, 11) is 0. The molecule has 16 heavy (non-hydrogen) atoms. The summed E-state index contributed by atoms with van der Waals surface area (Å²) in [5, 5.41) is 0. The second-order valence-electron chi connectivity index (χ2n) is 2.59. The SMILES string of the molecule is CCOc1nc(OCC)nc(C(Cl)(Cl)Cl)n1. The molecule has 0 bridgehead atoms. The van der Waals surface area contributed by atoms with Gasteiger partial charge in [-0.15, -0.1) is 4.98 Å². The predicted molar refractivity (Wildman–Crippen MR) is 61.4 cm³/mol. The van der Waals surface area contributed by atoms with Crippen LogP contribution in [0.5, 0.6) is 12.0 Å². The van der Waals surface area contributed by atoms with E-state index in [0.29, 0.717) is 13.2 Å². The Balaban J connectivity index is 3.08. The summed E-state index contributed by atoms with van der Waals surface area (Å²) >= 11 is 17.0. The average Bonchev–Trinajstić information content (AvgIpc) is 2.17. The van der Waals surface area contributed by atoms with Gasteiger partial charge >= 0.3 is 12.0 Å². The highest BCUT2D eigenvalue weighted by Gasteiger charge is 2.29. The summed E-state index contributed by atoms with van der Waals surface area (Å²) in [5.74, 6) is -0.0283. The van der Waals surface area contributed by atoms with Gasteiger partial charge < -0.3 is 9.47 Å². The molecule has 0 aliphatic carbocycles. The third kappa shape index (κ3) is 3.81. The molecule has 1 rings (SSSR count). The predicted octanol–water partition coefficient (Wildman–Crippen LogP) is 2.50. The van der Waals surface area contributed by atoms with Crippen LogP contribution in [0.1, 0.15) is 19.7 Å². The highest BCUT2D eigenvalue weighted by atomic mass is 35.6. The molecular formula is C8H10Cl3N3O2. The molecule has 0 aromatic carbocycles. The molecule has 0 saturated carbocycles. The first kappa shape index (κ1) is 13.5. The number of hydrogen-bond acceptors (Lipinski definition) is 5. The van der Waals surface area contributed by atoms with Crippen molar-refractivity contribution in [1.29, 1.82) is 0 Å². The molecule has 1 aromatic rings. The fourth-order valence-corrected chi connectivity index (χ4v) is 1.11. The van der Waals surface area contributed by atoms with E-state index in [2.05, 4.69) is 15.0 Å². The lowest BCUT2D eigenvalue weighted by atomic mass is 10.7. The highest BCUT2D eigenvalue weighted by molar-refractivity contribution is 6.66. The van der Waals surface area contributed by atoms with Gasteiger partial charge in [-0.25, -0.2) is 0 Å². The van der Waals surface area contributed by atoms with E-state index in [1.54, 1.807) is 13.8 Å². The molecule has 0 aliphatic rings. The zero-order chi connectivity index (χ0) is 12.2. The number of ether oxygens (including phenoxy) is 2. The molecule has 0 spiro atoms. The normalized spacial score (nSPS) is 11.3. The Morgan fingerprint density at radius 3 is 1.69 bits per heavy atom. The van der Waals surface area contributed by atoms with E-state index in [-0.39, 0.29) is 17.8 Å². The second kappa shape index (κ2) is 5.70. The van der Waals surface area contributed by atoms with Crippen LogP contribution in [0.15, 0.2) is 0 Å². The van der Waals surface area contributed by atoms with Crippen molar-refractivity contribution in [2.24, 2.45) is 0 Å². The maximum Gasteiger partial charge on any atom is 0.323 e. The van der Waals surface area contributed by atoms with E-state index < -0.39 is 3.79 Å². The maximum absolute atomic E-state index is 5.67. The second-order valence-corrected chi connectivity index (χ2v) is 4.87. The fourth-order valence-electron chi connectivity index (χ4n) is 0.852. The summed E-state index contributed by atoms with van der Waals surface area (Å²) in [4.78, 5) is 11.6. The van der Waals surface area contributed by atoms with E-state index in [0.717, 1.165) is 0 Å². The van der Waals surface area contributed by atoms with Gasteiger partial charge in [0.1, 0.15) is 0 Å². The van der Waals surface area contributed by atoms with Crippen molar-refractivity contribution in [3.05, 3.63) is 5.82 Å². The molecule has 1 aromatic heterocycles. The number of halogens is 3. The average molecular weight is 287 g/mol. The molecule has 1 heterocycles. The Labute approximate surface area is 108 Å². The Kier molecular flexibility index (Phi) is 4.83. The first-order chi connectivity index (χ1) is 7.47. The zero-order valence-electron chi connectivity index (χ0n) is 8.71. The van der Waals surface area contributed by atoms with Gasteiger partial charge in [0, 0.05) is 0 Å². The largest absolute Gasteiger partial charge is 0.464 e. The number of aromatic nitrogens is 3. The van der Waals surface area contributed by atoms with Crippen molar-refractivity contribution < 1.29 is 9.47 Å². The molecule has 0 fully saturated rings. The summed E-state index contributed by atoms with van der Waals surface area (Å²) in [6.07, 6.45) is 0. The van der Waals surface area contributed by atoms with Crippen molar-refractivity contribution in [3.8, 4) is 12.0 Å². The van der Waals surface area contributed by atoms with Gasteiger partial charge in [-0.05, 0) is 13.8 Å². The summed E-state index contributed by atoms with van der Waals surface area (Å²) < 4.78 is 8.49. The van der Waals surface area contributed by atoms with Crippen LogP contribution in [0.4, 0.5) is 0 Å². The minimum atomic E-state index is -1.74. The summed E-state index contributed by atoms with van der Waals surface area (Å²) in [5.41, 5.74) is 0. The third-order valence-electron chi connectivity index (χ3n) is 1.39. The standard InChI is InChI=1S/C8H10Cl3N3O2/c1-3-15-6-12-5(8(9,10)11)13-7(14-6)16-4-2/h3-4H2,1-2H3. The molecule has 0 saturated heterocycles. The van der Waals surface area contributed by atoms with E-state index in [1.807, 2.05) is 0 Å². The Morgan fingerprint density at radius 1 is 0.938 bits per heavy atom. The molecule has 0 atom stereocenters. The van der Waals surface area contributed by atoms with Gasteiger partial charge in [-0.3, -0.25) is 0 Å². The van der Waals surface area contributed by atoms with Gasteiger partial charge in [-0.1, -0.05) is 34.8 Å². The molecule has 0 N–H and O–H groups in total. The Morgan fingerprint density at radius 2 is 1.38 bits per heavy atom. The maximum atomic E-state index is 5.67. The number of nitrogens with zero attached hydrogens (tertiary/aromatic N) is 3. The van der Waals surface area contributed by atoms with Gasteiger partial charge in [0.2, 0.25) is 3.79 Å². The highest BCUT2D eigenvalue weighted by Crippen LogP contribution is 2.36. The zero-order valence-corrected chi connectivity index (χ0v) is 11.0. The van der Waals surface area contributed by atoms with Crippen molar-refractivity contribution in [2.45, 2.75) is 17.6 Å². The molecular weight excluding hydrogens is 276 g/mol. The lowest BCUT2D eigenvalue weighted by molar-refractivity contribution is 0.277. The molecule has 5 nitrogen and oxygen atoms in total. The number of hydrogen-bond donors (Lipinski definition) is 0. The summed E-state index contributed by atoms with van der Waals surface area (Å²) in [6, 6.07) is 0.143. The van der Waals surface area contributed by atoms with Crippen molar-refractivity contribution in [2.75, 3.05) is 13.2 Å². The lowest BCUT2D eigenvalue weighted by Crippen LogP contribution is -2.12. The van der Waals surface area contributed by atoms with Crippen LogP contribution in [-0.2, 0) is 3.79 Å². The minimum absolute atomic E-state index is 0.0283.